The van der Waals surface area contributed by atoms with Crippen molar-refractivity contribution in [1.82, 2.24) is 19.7 Å². The zero-order valence-corrected chi connectivity index (χ0v) is 21.5. The van der Waals surface area contributed by atoms with Crippen molar-refractivity contribution < 1.29 is 0 Å². The minimum atomic E-state index is 0.329. The van der Waals surface area contributed by atoms with E-state index in [0.717, 1.165) is 64.9 Å². The summed E-state index contributed by atoms with van der Waals surface area (Å²) in [7, 11) is 0. The number of nitrogens with one attached hydrogen (secondary N) is 2. The Morgan fingerprint density at radius 1 is 1.11 bits per heavy atom. The smallest absolute Gasteiger partial charge is 0.164 e. The molecule has 5 rings (SSSR count). The molecule has 37 heavy (non-hydrogen) atoms. The molecule has 0 saturated heterocycles. The van der Waals surface area contributed by atoms with E-state index in [0.29, 0.717) is 17.5 Å². The van der Waals surface area contributed by atoms with Gasteiger partial charge in [0, 0.05) is 47.7 Å². The summed E-state index contributed by atoms with van der Waals surface area (Å²) in [5.41, 5.74) is 6.78. The fourth-order valence-corrected chi connectivity index (χ4v) is 4.74. The van der Waals surface area contributed by atoms with Gasteiger partial charge in [-0.1, -0.05) is 30.8 Å². The number of pyridine rings is 1. The van der Waals surface area contributed by atoms with E-state index in [1.807, 2.05) is 30.5 Å². The molecule has 3 heterocycles. The van der Waals surface area contributed by atoms with Crippen LogP contribution in [0.2, 0.25) is 0 Å². The third-order valence-corrected chi connectivity index (χ3v) is 6.80. The van der Waals surface area contributed by atoms with Crippen molar-refractivity contribution in [3.05, 3.63) is 95.5 Å². The first-order valence-electron chi connectivity index (χ1n) is 12.6. The van der Waals surface area contributed by atoms with Crippen molar-refractivity contribution in [1.29, 1.82) is 5.26 Å². The highest BCUT2D eigenvalue weighted by molar-refractivity contribution is 5.78. The Morgan fingerprint density at radius 3 is 2.62 bits per heavy atom. The van der Waals surface area contributed by atoms with E-state index in [-0.39, 0.29) is 0 Å². The number of fused-ring (bicyclic) bond motifs is 1. The van der Waals surface area contributed by atoms with Crippen LogP contribution >= 0.6 is 0 Å². The van der Waals surface area contributed by atoms with Crippen LogP contribution in [0.15, 0.2) is 67.4 Å². The lowest BCUT2D eigenvalue weighted by Gasteiger charge is -2.24. The number of rotatable bonds is 7. The van der Waals surface area contributed by atoms with Gasteiger partial charge in [-0.3, -0.25) is 0 Å². The monoisotopic (exact) mass is 489 g/mol. The van der Waals surface area contributed by atoms with Gasteiger partial charge in [0.25, 0.3) is 0 Å². The first-order valence-corrected chi connectivity index (χ1v) is 12.6. The Labute approximate surface area is 217 Å². The molecule has 4 aromatic rings. The minimum absolute atomic E-state index is 0.329. The number of anilines is 2. The summed E-state index contributed by atoms with van der Waals surface area (Å²) >= 11 is 0. The van der Waals surface area contributed by atoms with Gasteiger partial charge >= 0.3 is 0 Å². The largest absolute Gasteiger partial charge is 0.368 e. The molecule has 1 atom stereocenters. The second-order valence-corrected chi connectivity index (χ2v) is 9.88. The van der Waals surface area contributed by atoms with Crippen LogP contribution in [0.3, 0.4) is 0 Å². The Morgan fingerprint density at radius 2 is 1.92 bits per heavy atom. The molecule has 0 amide bonds. The zero-order chi connectivity index (χ0) is 25.9. The van der Waals surface area contributed by atoms with Crippen LogP contribution in [0.4, 0.5) is 11.5 Å². The van der Waals surface area contributed by atoms with E-state index in [2.05, 4.69) is 94.1 Å². The highest BCUT2D eigenvalue weighted by Crippen LogP contribution is 2.33. The Hall–Kier alpha value is -4.44. The summed E-state index contributed by atoms with van der Waals surface area (Å²) in [5.74, 6) is 3.11. The molecule has 0 saturated carbocycles. The number of nitriles is 1. The minimum Gasteiger partial charge on any atom is -0.368 e. The average molecular weight is 490 g/mol. The van der Waals surface area contributed by atoms with Gasteiger partial charge in [-0.15, -0.1) is 10.2 Å². The molecule has 7 nitrogen and oxygen atoms in total. The Bertz CT molecular complexity index is 1460. The van der Waals surface area contributed by atoms with Gasteiger partial charge in [-0.05, 0) is 74.6 Å². The topological polar surface area (TPSA) is 91.5 Å². The standard InChI is InChI=1S/C30H31N7/c1-19(2)33-28-12-11-26(18-32-28)21(4)34-27-15-25(8-5-20(27)3)30-36-35-29-16-24(13-14-37(29)30)23-9-6-22(17-31)7-10-23/h5-12,15,18-19,24,34H,4,13-14,16H2,1-3H3,(H,32,33). The fraction of sp³-hybridized carbons (Fsp3) is 0.267. The van der Waals surface area contributed by atoms with Gasteiger partial charge in [0.15, 0.2) is 5.82 Å². The molecule has 1 aliphatic rings. The van der Waals surface area contributed by atoms with E-state index in [1.54, 1.807) is 0 Å². The van der Waals surface area contributed by atoms with Gasteiger partial charge in [-0.25, -0.2) is 4.98 Å². The number of hydrogen-bond donors (Lipinski definition) is 2. The van der Waals surface area contributed by atoms with Crippen LogP contribution in [-0.4, -0.2) is 25.8 Å². The van der Waals surface area contributed by atoms with Crippen LogP contribution in [0, 0.1) is 18.3 Å². The number of aryl methyl sites for hydroxylation is 1. The van der Waals surface area contributed by atoms with E-state index in [9.17, 15) is 0 Å². The summed E-state index contributed by atoms with van der Waals surface area (Å²) < 4.78 is 2.23. The van der Waals surface area contributed by atoms with Crippen LogP contribution in [0.5, 0.6) is 0 Å². The lowest BCUT2D eigenvalue weighted by molar-refractivity contribution is 0.468. The molecular formula is C30H31N7. The highest BCUT2D eigenvalue weighted by atomic mass is 15.3. The first kappa shape index (κ1) is 24.3. The second kappa shape index (κ2) is 10.3. The van der Waals surface area contributed by atoms with Crippen molar-refractivity contribution in [2.45, 2.75) is 52.1 Å². The predicted octanol–water partition coefficient (Wildman–Crippen LogP) is 6.15. The van der Waals surface area contributed by atoms with Crippen molar-refractivity contribution in [3.8, 4) is 17.5 Å². The number of nitrogens with zero attached hydrogens (tertiary/aromatic N) is 5. The van der Waals surface area contributed by atoms with Gasteiger partial charge in [0.2, 0.25) is 0 Å². The first-order chi connectivity index (χ1) is 17.9. The third-order valence-electron chi connectivity index (χ3n) is 6.80. The Balaban J connectivity index is 1.33. The molecule has 1 unspecified atom stereocenters. The van der Waals surface area contributed by atoms with Crippen molar-refractivity contribution in [3.63, 3.8) is 0 Å². The maximum absolute atomic E-state index is 9.07. The summed E-state index contributed by atoms with van der Waals surface area (Å²) in [4.78, 5) is 4.50. The summed E-state index contributed by atoms with van der Waals surface area (Å²) in [6.45, 7) is 11.4. The normalized spacial score (nSPS) is 14.6. The number of aromatic nitrogens is 4. The average Bonchev–Trinajstić information content (AvgIpc) is 3.33. The van der Waals surface area contributed by atoms with Crippen molar-refractivity contribution in [2.75, 3.05) is 10.6 Å². The number of benzene rings is 2. The predicted molar refractivity (Wildman–Crippen MR) is 148 cm³/mol. The van der Waals surface area contributed by atoms with Crippen LogP contribution in [0.25, 0.3) is 17.1 Å². The quantitative estimate of drug-likeness (QED) is 0.323. The molecule has 0 aliphatic carbocycles. The molecule has 0 radical (unpaired) electrons. The van der Waals surface area contributed by atoms with Gasteiger partial charge in [-0.2, -0.15) is 5.26 Å². The highest BCUT2D eigenvalue weighted by Gasteiger charge is 2.25. The molecule has 2 aromatic carbocycles. The van der Waals surface area contributed by atoms with Crippen molar-refractivity contribution >= 4 is 17.2 Å². The second-order valence-electron chi connectivity index (χ2n) is 9.88. The zero-order valence-electron chi connectivity index (χ0n) is 21.5. The SMILES string of the molecule is C=C(Nc1cc(-c2nnc3n2CCC(c2ccc(C#N)cc2)C3)ccc1C)c1ccc(NC(C)C)nc1. The molecule has 0 bridgehead atoms. The fourth-order valence-electron chi connectivity index (χ4n) is 4.74. The summed E-state index contributed by atoms with van der Waals surface area (Å²) in [5, 5.41) is 25.0. The molecule has 2 N–H and O–H groups in total. The summed E-state index contributed by atoms with van der Waals surface area (Å²) in [6, 6.07) is 20.7. The van der Waals surface area contributed by atoms with E-state index in [1.165, 1.54) is 5.56 Å². The van der Waals surface area contributed by atoms with E-state index in [4.69, 9.17) is 5.26 Å². The van der Waals surface area contributed by atoms with Crippen LogP contribution < -0.4 is 10.6 Å². The van der Waals surface area contributed by atoms with Crippen LogP contribution in [0.1, 0.15) is 54.3 Å². The molecule has 0 fully saturated rings. The van der Waals surface area contributed by atoms with Gasteiger partial charge in [0.1, 0.15) is 11.6 Å². The lowest BCUT2D eigenvalue weighted by atomic mass is 9.89. The Kier molecular flexibility index (Phi) is 6.74. The molecule has 2 aromatic heterocycles. The molecule has 0 spiro atoms. The molecule has 186 valence electrons. The third kappa shape index (κ3) is 5.24. The number of hydrogen-bond acceptors (Lipinski definition) is 6. The maximum Gasteiger partial charge on any atom is 0.164 e. The lowest BCUT2D eigenvalue weighted by Crippen LogP contribution is -2.19. The molecule has 7 heteroatoms. The van der Waals surface area contributed by atoms with Gasteiger partial charge in [0.05, 0.1) is 11.6 Å². The molecular weight excluding hydrogens is 458 g/mol. The van der Waals surface area contributed by atoms with Gasteiger partial charge < -0.3 is 15.2 Å². The van der Waals surface area contributed by atoms with E-state index < -0.39 is 0 Å². The van der Waals surface area contributed by atoms with E-state index >= 15 is 0 Å². The molecule has 1 aliphatic heterocycles. The van der Waals surface area contributed by atoms with Crippen molar-refractivity contribution in [2.24, 2.45) is 0 Å². The maximum atomic E-state index is 9.07. The van der Waals surface area contributed by atoms with Crippen LogP contribution in [-0.2, 0) is 13.0 Å². The summed E-state index contributed by atoms with van der Waals surface area (Å²) in [6.07, 6.45) is 3.67.